The van der Waals surface area contributed by atoms with Crippen LogP contribution in [0.4, 0.5) is 4.39 Å². The van der Waals surface area contributed by atoms with Crippen molar-refractivity contribution in [1.29, 1.82) is 0 Å². The molecule has 0 fully saturated rings. The van der Waals surface area contributed by atoms with Gasteiger partial charge in [0.15, 0.2) is 16.9 Å². The Hall–Kier alpha value is -3.68. The SMILES string of the molecule is CC(=O)Oc1c2n(c(=NN)c3ccccc13)CCN(Cc1ccc(F)cc1)C2=O. The zero-order valence-electron chi connectivity index (χ0n) is 15.8. The maximum absolute atomic E-state index is 13.4. The number of rotatable bonds is 3. The number of carbonyl (C=O) groups is 2. The third-order valence-electron chi connectivity index (χ3n) is 4.89. The molecule has 0 saturated heterocycles. The monoisotopic (exact) mass is 394 g/mol. The van der Waals surface area contributed by atoms with E-state index < -0.39 is 5.97 Å². The Balaban J connectivity index is 1.87. The van der Waals surface area contributed by atoms with Gasteiger partial charge in [-0.05, 0) is 17.7 Å². The number of ether oxygens (including phenoxy) is 1. The van der Waals surface area contributed by atoms with Crippen LogP contribution in [0, 0.1) is 5.82 Å². The van der Waals surface area contributed by atoms with Gasteiger partial charge in [-0.2, -0.15) is 5.10 Å². The van der Waals surface area contributed by atoms with Gasteiger partial charge < -0.3 is 20.0 Å². The molecule has 0 aliphatic carbocycles. The number of hydrogen-bond donors (Lipinski definition) is 1. The lowest BCUT2D eigenvalue weighted by Gasteiger charge is -2.31. The topological polar surface area (TPSA) is 89.9 Å². The molecule has 148 valence electrons. The molecular weight excluding hydrogens is 375 g/mol. The summed E-state index contributed by atoms with van der Waals surface area (Å²) in [5, 5.41) is 5.16. The van der Waals surface area contributed by atoms with Crippen molar-refractivity contribution in [2.24, 2.45) is 10.9 Å². The molecule has 2 heterocycles. The number of nitrogens with zero attached hydrogens (tertiary/aromatic N) is 3. The Morgan fingerprint density at radius 3 is 2.48 bits per heavy atom. The molecule has 0 spiro atoms. The van der Waals surface area contributed by atoms with Crippen LogP contribution in [0.1, 0.15) is 23.0 Å². The van der Waals surface area contributed by atoms with Crippen molar-refractivity contribution < 1.29 is 18.7 Å². The van der Waals surface area contributed by atoms with Gasteiger partial charge in [-0.15, -0.1) is 0 Å². The summed E-state index contributed by atoms with van der Waals surface area (Å²) in [7, 11) is 0. The first-order chi connectivity index (χ1) is 14.0. The lowest BCUT2D eigenvalue weighted by atomic mass is 10.1. The Bertz CT molecular complexity index is 1180. The van der Waals surface area contributed by atoms with E-state index in [0.717, 1.165) is 5.56 Å². The number of nitrogens with two attached hydrogens (primary N) is 1. The molecular formula is C21H19FN4O3. The van der Waals surface area contributed by atoms with Gasteiger partial charge in [-0.1, -0.05) is 36.4 Å². The van der Waals surface area contributed by atoms with E-state index in [1.54, 1.807) is 33.7 Å². The number of halogens is 1. The maximum Gasteiger partial charge on any atom is 0.308 e. The number of hydrogen-bond acceptors (Lipinski definition) is 5. The molecule has 0 atom stereocenters. The molecule has 1 aromatic heterocycles. The summed E-state index contributed by atoms with van der Waals surface area (Å²) in [6, 6.07) is 13.2. The fourth-order valence-corrected chi connectivity index (χ4v) is 3.63. The Morgan fingerprint density at radius 1 is 1.14 bits per heavy atom. The van der Waals surface area contributed by atoms with Crippen LogP contribution in [-0.4, -0.2) is 27.9 Å². The van der Waals surface area contributed by atoms with E-state index in [2.05, 4.69) is 5.10 Å². The predicted octanol–water partition coefficient (Wildman–Crippen LogP) is 2.14. The number of pyridine rings is 1. The van der Waals surface area contributed by atoms with Gasteiger partial charge in [0.1, 0.15) is 5.82 Å². The first-order valence-electron chi connectivity index (χ1n) is 9.11. The Kier molecular flexibility index (Phi) is 4.75. The summed E-state index contributed by atoms with van der Waals surface area (Å²) >= 11 is 0. The van der Waals surface area contributed by atoms with Crippen LogP contribution in [0.5, 0.6) is 5.75 Å². The molecule has 0 radical (unpaired) electrons. The first-order valence-corrected chi connectivity index (χ1v) is 9.11. The smallest absolute Gasteiger partial charge is 0.308 e. The standard InChI is InChI=1S/C21H19FN4O3/c1-13(27)29-19-16-4-2-3-5-17(16)20(24-23)26-11-10-25(21(28)18(19)26)12-14-6-8-15(22)9-7-14/h2-9H,10-12,23H2,1H3. The third-order valence-corrected chi connectivity index (χ3v) is 4.89. The summed E-state index contributed by atoms with van der Waals surface area (Å²) in [6.07, 6.45) is 0. The lowest BCUT2D eigenvalue weighted by Crippen LogP contribution is -2.45. The van der Waals surface area contributed by atoms with Crippen LogP contribution >= 0.6 is 0 Å². The highest BCUT2D eigenvalue weighted by molar-refractivity contribution is 6.03. The van der Waals surface area contributed by atoms with E-state index in [-0.39, 0.29) is 23.2 Å². The molecule has 8 heteroatoms. The quantitative estimate of drug-likeness (QED) is 0.419. The molecule has 2 aromatic carbocycles. The summed E-state index contributed by atoms with van der Waals surface area (Å²) in [4.78, 5) is 26.8. The zero-order chi connectivity index (χ0) is 20.5. The molecule has 0 unspecified atom stereocenters. The van der Waals surface area contributed by atoms with E-state index in [1.165, 1.54) is 19.1 Å². The van der Waals surface area contributed by atoms with Gasteiger partial charge >= 0.3 is 5.97 Å². The highest BCUT2D eigenvalue weighted by atomic mass is 19.1. The van der Waals surface area contributed by atoms with Crippen LogP contribution in [0.3, 0.4) is 0 Å². The van der Waals surface area contributed by atoms with Gasteiger partial charge in [-0.25, -0.2) is 4.39 Å². The minimum Gasteiger partial charge on any atom is -0.424 e. The second-order valence-electron chi connectivity index (χ2n) is 6.77. The van der Waals surface area contributed by atoms with E-state index in [9.17, 15) is 14.0 Å². The molecule has 1 aliphatic rings. The number of amides is 1. The molecule has 29 heavy (non-hydrogen) atoms. The minimum absolute atomic E-state index is 0.189. The van der Waals surface area contributed by atoms with E-state index in [0.29, 0.717) is 35.9 Å². The average Bonchev–Trinajstić information content (AvgIpc) is 2.71. The number of esters is 1. The molecule has 1 aliphatic heterocycles. The zero-order valence-corrected chi connectivity index (χ0v) is 15.8. The van der Waals surface area contributed by atoms with Gasteiger partial charge in [-0.3, -0.25) is 9.59 Å². The number of aromatic nitrogens is 1. The van der Waals surface area contributed by atoms with Crippen LogP contribution in [0.15, 0.2) is 53.6 Å². The van der Waals surface area contributed by atoms with Crippen molar-refractivity contribution in [2.45, 2.75) is 20.0 Å². The molecule has 4 rings (SSSR count). The highest BCUT2D eigenvalue weighted by Crippen LogP contribution is 2.31. The molecule has 7 nitrogen and oxygen atoms in total. The van der Waals surface area contributed by atoms with Gasteiger partial charge in [0.05, 0.1) is 0 Å². The molecule has 1 amide bonds. The largest absolute Gasteiger partial charge is 0.424 e. The second kappa shape index (κ2) is 7.38. The van der Waals surface area contributed by atoms with Crippen molar-refractivity contribution in [2.75, 3.05) is 6.54 Å². The molecule has 0 bridgehead atoms. The number of fused-ring (bicyclic) bond motifs is 2. The predicted molar refractivity (Wildman–Crippen MR) is 104 cm³/mol. The molecule has 0 saturated carbocycles. The van der Waals surface area contributed by atoms with Crippen LogP contribution in [0.25, 0.3) is 10.8 Å². The van der Waals surface area contributed by atoms with Crippen molar-refractivity contribution in [3.63, 3.8) is 0 Å². The van der Waals surface area contributed by atoms with Crippen molar-refractivity contribution in [3.8, 4) is 5.75 Å². The molecule has 3 aromatic rings. The van der Waals surface area contributed by atoms with Crippen molar-refractivity contribution >= 4 is 22.6 Å². The normalized spacial score (nSPS) is 14.2. The first kappa shape index (κ1) is 18.7. The summed E-state index contributed by atoms with van der Waals surface area (Å²) in [5.41, 5.74) is 1.46. The second-order valence-corrected chi connectivity index (χ2v) is 6.77. The third kappa shape index (κ3) is 3.33. The summed E-state index contributed by atoms with van der Waals surface area (Å²) < 4.78 is 20.3. The lowest BCUT2D eigenvalue weighted by molar-refractivity contribution is -0.131. The Labute approximate surface area is 165 Å². The van der Waals surface area contributed by atoms with E-state index >= 15 is 0 Å². The summed E-state index contributed by atoms with van der Waals surface area (Å²) in [6.45, 7) is 2.43. The van der Waals surface area contributed by atoms with Crippen LogP contribution < -0.4 is 16.1 Å². The van der Waals surface area contributed by atoms with E-state index in [4.69, 9.17) is 10.6 Å². The van der Waals surface area contributed by atoms with Gasteiger partial charge in [0.2, 0.25) is 0 Å². The average molecular weight is 394 g/mol. The van der Waals surface area contributed by atoms with Gasteiger partial charge in [0, 0.05) is 37.3 Å². The number of carbonyl (C=O) groups excluding carboxylic acids is 2. The Morgan fingerprint density at radius 2 is 1.83 bits per heavy atom. The summed E-state index contributed by atoms with van der Waals surface area (Å²) in [5.74, 6) is 4.66. The van der Waals surface area contributed by atoms with Crippen molar-refractivity contribution in [3.05, 3.63) is 71.1 Å². The maximum atomic E-state index is 13.4. The number of benzene rings is 2. The molecule has 2 N–H and O–H groups in total. The van der Waals surface area contributed by atoms with Gasteiger partial charge in [0.25, 0.3) is 5.91 Å². The fourth-order valence-electron chi connectivity index (χ4n) is 3.63. The van der Waals surface area contributed by atoms with Crippen molar-refractivity contribution in [1.82, 2.24) is 9.47 Å². The van der Waals surface area contributed by atoms with E-state index in [1.807, 2.05) is 12.1 Å². The minimum atomic E-state index is -0.529. The van der Waals surface area contributed by atoms with Crippen LogP contribution in [0.2, 0.25) is 0 Å². The van der Waals surface area contributed by atoms with Crippen LogP contribution in [-0.2, 0) is 17.9 Å². The highest BCUT2D eigenvalue weighted by Gasteiger charge is 2.31. The fraction of sp³-hybridized carbons (Fsp3) is 0.190.